The van der Waals surface area contributed by atoms with Crippen molar-refractivity contribution >= 4 is 27.2 Å². The molecule has 0 saturated heterocycles. The number of nitrogens with zero attached hydrogens (tertiary/aromatic N) is 2. The van der Waals surface area contributed by atoms with E-state index >= 15 is 0 Å². The maximum absolute atomic E-state index is 5.75. The Morgan fingerprint density at radius 3 is 3.00 bits per heavy atom. The molecule has 2 heterocycles. The number of rotatable bonds is 2. The van der Waals surface area contributed by atoms with E-state index in [1.54, 1.807) is 17.5 Å². The molecule has 17 heavy (non-hydrogen) atoms. The Kier molecular flexibility index (Phi) is 2.49. The number of benzene rings is 1. The maximum atomic E-state index is 5.75. The van der Waals surface area contributed by atoms with Gasteiger partial charge < -0.3 is 5.73 Å². The van der Waals surface area contributed by atoms with Gasteiger partial charge in [0.05, 0.1) is 15.2 Å². The minimum Gasteiger partial charge on any atom is -0.399 e. The summed E-state index contributed by atoms with van der Waals surface area (Å²) in [7, 11) is 0. The molecule has 0 aliphatic rings. The van der Waals surface area contributed by atoms with Crippen molar-refractivity contribution < 1.29 is 0 Å². The van der Waals surface area contributed by atoms with E-state index in [9.17, 15) is 0 Å². The molecule has 0 aliphatic heterocycles. The van der Waals surface area contributed by atoms with Gasteiger partial charge in [-0.1, -0.05) is 6.07 Å². The number of anilines is 1. The largest absolute Gasteiger partial charge is 0.399 e. The lowest BCUT2D eigenvalue weighted by molar-refractivity contribution is 1.12. The maximum Gasteiger partial charge on any atom is 0.0983 e. The highest BCUT2D eigenvalue weighted by molar-refractivity contribution is 7.18. The standard InChI is InChI=1S/C13H11N3S/c14-10-3-4-11-12(7-10)17-13(16-11)6-9-2-1-5-15-8-9/h1-5,7-8H,6,14H2. The molecule has 0 saturated carbocycles. The predicted molar refractivity (Wildman–Crippen MR) is 71.1 cm³/mol. The van der Waals surface area contributed by atoms with Gasteiger partial charge in [0.15, 0.2) is 0 Å². The van der Waals surface area contributed by atoms with Crippen LogP contribution in [0.1, 0.15) is 10.6 Å². The van der Waals surface area contributed by atoms with Crippen molar-refractivity contribution in [3.05, 3.63) is 53.3 Å². The first-order valence-corrected chi connectivity index (χ1v) is 6.17. The fraction of sp³-hybridized carbons (Fsp3) is 0.0769. The minimum absolute atomic E-state index is 0.786. The Balaban J connectivity index is 1.96. The summed E-state index contributed by atoms with van der Waals surface area (Å²) in [4.78, 5) is 8.69. The topological polar surface area (TPSA) is 51.8 Å². The van der Waals surface area contributed by atoms with E-state index in [1.165, 1.54) is 5.56 Å². The average Bonchev–Trinajstić information content (AvgIpc) is 2.71. The van der Waals surface area contributed by atoms with Crippen LogP contribution in [0.2, 0.25) is 0 Å². The Hall–Kier alpha value is -1.94. The summed E-state index contributed by atoms with van der Waals surface area (Å²) in [6, 6.07) is 9.83. The second-order valence-corrected chi connectivity index (χ2v) is 4.99. The first kappa shape index (κ1) is 10.2. The zero-order valence-corrected chi connectivity index (χ0v) is 9.95. The second-order valence-electron chi connectivity index (χ2n) is 3.87. The Morgan fingerprint density at radius 2 is 2.18 bits per heavy atom. The van der Waals surface area contributed by atoms with E-state index < -0.39 is 0 Å². The zero-order valence-electron chi connectivity index (χ0n) is 9.13. The van der Waals surface area contributed by atoms with Crippen LogP contribution in [-0.2, 0) is 6.42 Å². The number of aromatic nitrogens is 2. The Morgan fingerprint density at radius 1 is 1.24 bits per heavy atom. The molecule has 2 aromatic heterocycles. The van der Waals surface area contributed by atoms with E-state index in [1.807, 2.05) is 30.5 Å². The molecule has 3 aromatic rings. The molecule has 84 valence electrons. The van der Waals surface area contributed by atoms with Crippen LogP contribution in [-0.4, -0.2) is 9.97 Å². The summed E-state index contributed by atoms with van der Waals surface area (Å²) >= 11 is 1.69. The highest BCUT2D eigenvalue weighted by Crippen LogP contribution is 2.25. The van der Waals surface area contributed by atoms with Gasteiger partial charge in [0, 0.05) is 24.5 Å². The van der Waals surface area contributed by atoms with Gasteiger partial charge in [-0.15, -0.1) is 11.3 Å². The monoisotopic (exact) mass is 241 g/mol. The summed E-state index contributed by atoms with van der Waals surface area (Å²) in [6.45, 7) is 0. The van der Waals surface area contributed by atoms with Crippen LogP contribution in [0.15, 0.2) is 42.7 Å². The van der Waals surface area contributed by atoms with Crippen molar-refractivity contribution in [3.8, 4) is 0 Å². The molecule has 0 amide bonds. The van der Waals surface area contributed by atoms with Crippen molar-refractivity contribution in [1.82, 2.24) is 9.97 Å². The molecule has 0 atom stereocenters. The van der Waals surface area contributed by atoms with Crippen LogP contribution in [0.5, 0.6) is 0 Å². The minimum atomic E-state index is 0.786. The van der Waals surface area contributed by atoms with Crippen LogP contribution in [0.4, 0.5) is 5.69 Å². The predicted octanol–water partition coefficient (Wildman–Crippen LogP) is 2.86. The number of thiazole rings is 1. The van der Waals surface area contributed by atoms with Crippen LogP contribution in [0, 0.1) is 0 Å². The smallest absolute Gasteiger partial charge is 0.0983 e. The molecule has 3 nitrogen and oxygen atoms in total. The second kappa shape index (κ2) is 4.14. The molecule has 4 heteroatoms. The van der Waals surface area contributed by atoms with Crippen molar-refractivity contribution in [2.75, 3.05) is 5.73 Å². The Labute approximate surface area is 103 Å². The summed E-state index contributed by atoms with van der Waals surface area (Å²) in [5, 5.41) is 1.10. The molecule has 2 N–H and O–H groups in total. The van der Waals surface area contributed by atoms with Crippen LogP contribution < -0.4 is 5.73 Å². The van der Waals surface area contributed by atoms with Crippen molar-refractivity contribution in [3.63, 3.8) is 0 Å². The molecule has 0 fully saturated rings. The molecule has 0 radical (unpaired) electrons. The third-order valence-corrected chi connectivity index (χ3v) is 3.55. The zero-order chi connectivity index (χ0) is 11.7. The third-order valence-electron chi connectivity index (χ3n) is 2.53. The fourth-order valence-electron chi connectivity index (χ4n) is 1.74. The average molecular weight is 241 g/mol. The fourth-order valence-corrected chi connectivity index (χ4v) is 2.79. The van der Waals surface area contributed by atoms with Gasteiger partial charge in [0.25, 0.3) is 0 Å². The molecule has 1 aromatic carbocycles. The lowest BCUT2D eigenvalue weighted by atomic mass is 10.2. The molecule has 0 unspecified atom stereocenters. The molecular weight excluding hydrogens is 230 g/mol. The SMILES string of the molecule is Nc1ccc2nc(Cc3cccnc3)sc2c1. The first-order chi connectivity index (χ1) is 8.31. The van der Waals surface area contributed by atoms with E-state index in [0.717, 1.165) is 27.3 Å². The molecule has 0 aliphatic carbocycles. The number of nitrogen functional groups attached to an aromatic ring is 1. The first-order valence-electron chi connectivity index (χ1n) is 5.35. The lowest BCUT2D eigenvalue weighted by Crippen LogP contribution is -1.87. The lowest BCUT2D eigenvalue weighted by Gasteiger charge is -1.94. The highest BCUT2D eigenvalue weighted by atomic mass is 32.1. The van der Waals surface area contributed by atoms with Gasteiger partial charge in [-0.3, -0.25) is 4.98 Å². The van der Waals surface area contributed by atoms with Crippen LogP contribution in [0.25, 0.3) is 10.2 Å². The molecule has 3 rings (SSSR count). The van der Waals surface area contributed by atoms with Crippen LogP contribution >= 0.6 is 11.3 Å². The van der Waals surface area contributed by atoms with Gasteiger partial charge in [-0.05, 0) is 29.8 Å². The number of nitrogens with two attached hydrogens (primary N) is 1. The highest BCUT2D eigenvalue weighted by Gasteiger charge is 2.04. The summed E-state index contributed by atoms with van der Waals surface area (Å²) in [6.07, 6.45) is 4.48. The van der Waals surface area contributed by atoms with Crippen molar-refractivity contribution in [2.45, 2.75) is 6.42 Å². The van der Waals surface area contributed by atoms with E-state index in [0.29, 0.717) is 0 Å². The number of hydrogen-bond acceptors (Lipinski definition) is 4. The number of hydrogen-bond donors (Lipinski definition) is 1. The van der Waals surface area contributed by atoms with Gasteiger partial charge in [0.2, 0.25) is 0 Å². The van der Waals surface area contributed by atoms with Gasteiger partial charge in [-0.25, -0.2) is 4.98 Å². The Bertz CT molecular complexity index is 646. The van der Waals surface area contributed by atoms with E-state index in [2.05, 4.69) is 16.0 Å². The molecule has 0 bridgehead atoms. The van der Waals surface area contributed by atoms with E-state index in [4.69, 9.17) is 5.73 Å². The molecule has 0 spiro atoms. The van der Waals surface area contributed by atoms with Crippen molar-refractivity contribution in [2.24, 2.45) is 0 Å². The summed E-state index contributed by atoms with van der Waals surface area (Å²) < 4.78 is 1.14. The summed E-state index contributed by atoms with van der Waals surface area (Å²) in [5.41, 5.74) is 8.74. The van der Waals surface area contributed by atoms with E-state index in [-0.39, 0.29) is 0 Å². The van der Waals surface area contributed by atoms with Gasteiger partial charge >= 0.3 is 0 Å². The van der Waals surface area contributed by atoms with Gasteiger partial charge in [0.1, 0.15) is 0 Å². The number of pyridine rings is 1. The van der Waals surface area contributed by atoms with Crippen molar-refractivity contribution in [1.29, 1.82) is 0 Å². The van der Waals surface area contributed by atoms with Crippen LogP contribution in [0.3, 0.4) is 0 Å². The summed E-state index contributed by atoms with van der Waals surface area (Å²) in [5.74, 6) is 0. The number of fused-ring (bicyclic) bond motifs is 1. The quantitative estimate of drug-likeness (QED) is 0.702. The molecular formula is C13H11N3S. The third kappa shape index (κ3) is 2.12. The van der Waals surface area contributed by atoms with Gasteiger partial charge in [-0.2, -0.15) is 0 Å². The normalized spacial score (nSPS) is 10.8.